The summed E-state index contributed by atoms with van der Waals surface area (Å²) in [5.41, 5.74) is 2.79. The number of aliphatic imine (C=N–C) groups is 1. The molecule has 6 bridgehead atoms. The van der Waals surface area contributed by atoms with Gasteiger partial charge >= 0.3 is 6.09 Å². The average molecular weight is 617 g/mol. The lowest BCUT2D eigenvalue weighted by Crippen LogP contribution is -2.56. The Morgan fingerprint density at radius 3 is 2.73 bits per heavy atom. The normalized spacial score (nSPS) is 28.0. The molecule has 45 heavy (non-hydrogen) atoms. The standard InChI is InChI=1S/C35H44N4O6/c1-6-35-14-7-8-20(2)21-9-10-22-18-27(40)30(24(22)16-21)36-31(42)23-11-12-28-25(17-23)26(13-15-44-28)39(29(41)19-35)32(38-35)37-33(43)45-34(3,4)5/h9-12,16-17,20,26-27,30,40H,6-8,13-15,18-19H2,1-5H3,(H,36,42)(H,37,38,43)/t20?,26-,27-,30-,35-/m1/s1. The third kappa shape index (κ3) is 6.17. The van der Waals surface area contributed by atoms with E-state index in [1.165, 1.54) is 0 Å². The SMILES string of the molecule is CC[C@@]12CCCC(C)c3ccc4c(c3)[C@@H](NC(=O)c3ccc5c(c3)[C@@H](CCO5)N(C(=O)C1)C(NC(=O)OC(C)(C)C)=N2)[C@H](O)C4. The fourth-order valence-corrected chi connectivity index (χ4v) is 7.17. The van der Waals surface area contributed by atoms with Crippen LogP contribution < -0.4 is 15.4 Å². The summed E-state index contributed by atoms with van der Waals surface area (Å²) in [6.45, 7) is 9.93. The Balaban J connectivity index is 1.45. The van der Waals surface area contributed by atoms with Crippen LogP contribution in [0, 0.1) is 0 Å². The molecule has 10 heteroatoms. The van der Waals surface area contributed by atoms with Gasteiger partial charge in [-0.3, -0.25) is 19.8 Å². The molecular formula is C35H44N4O6. The van der Waals surface area contributed by atoms with Gasteiger partial charge in [0, 0.05) is 24.0 Å². The maximum atomic E-state index is 14.2. The lowest BCUT2D eigenvalue weighted by molar-refractivity contribution is -0.132. The van der Waals surface area contributed by atoms with Crippen LogP contribution in [0.1, 0.15) is 124 Å². The van der Waals surface area contributed by atoms with Crippen LogP contribution >= 0.6 is 0 Å². The van der Waals surface area contributed by atoms with Crippen molar-refractivity contribution in [1.82, 2.24) is 15.5 Å². The molecule has 0 radical (unpaired) electrons. The van der Waals surface area contributed by atoms with E-state index in [1.807, 2.05) is 6.92 Å². The predicted octanol–water partition coefficient (Wildman–Crippen LogP) is 5.45. The molecule has 5 aliphatic rings. The average Bonchev–Trinajstić information content (AvgIpc) is 3.28. The maximum Gasteiger partial charge on any atom is 0.414 e. The molecule has 4 heterocycles. The van der Waals surface area contributed by atoms with Crippen LogP contribution in [0.5, 0.6) is 5.75 Å². The minimum atomic E-state index is -0.740. The second-order valence-electron chi connectivity index (χ2n) is 14.0. The molecular weight excluding hydrogens is 572 g/mol. The predicted molar refractivity (Wildman–Crippen MR) is 169 cm³/mol. The molecule has 7 rings (SSSR count). The van der Waals surface area contributed by atoms with Gasteiger partial charge in [0.25, 0.3) is 5.91 Å². The van der Waals surface area contributed by atoms with Crippen LogP contribution in [0.15, 0.2) is 41.4 Å². The van der Waals surface area contributed by atoms with Gasteiger partial charge in [0.1, 0.15) is 11.4 Å². The third-order valence-electron chi connectivity index (χ3n) is 9.64. The summed E-state index contributed by atoms with van der Waals surface area (Å²) in [6, 6.07) is 10.5. The van der Waals surface area contributed by atoms with E-state index in [4.69, 9.17) is 14.5 Å². The van der Waals surface area contributed by atoms with E-state index in [0.29, 0.717) is 49.2 Å². The van der Waals surface area contributed by atoms with Crippen molar-refractivity contribution in [3.05, 3.63) is 64.2 Å². The zero-order valence-corrected chi connectivity index (χ0v) is 26.8. The van der Waals surface area contributed by atoms with Crippen LogP contribution in [0.3, 0.4) is 0 Å². The highest BCUT2D eigenvalue weighted by molar-refractivity contribution is 6.05. The molecule has 240 valence electrons. The second-order valence-corrected chi connectivity index (χ2v) is 14.0. The summed E-state index contributed by atoms with van der Waals surface area (Å²) in [5, 5.41) is 16.9. The maximum absolute atomic E-state index is 14.2. The monoisotopic (exact) mass is 616 g/mol. The van der Waals surface area contributed by atoms with Gasteiger partial charge in [0.15, 0.2) is 0 Å². The van der Waals surface area contributed by atoms with Gasteiger partial charge in [-0.2, -0.15) is 0 Å². The number of hydrogen-bond donors (Lipinski definition) is 3. The molecule has 2 aromatic rings. The third-order valence-corrected chi connectivity index (χ3v) is 9.64. The Kier molecular flexibility index (Phi) is 8.14. The zero-order valence-electron chi connectivity index (χ0n) is 26.8. The van der Waals surface area contributed by atoms with Crippen molar-refractivity contribution in [1.29, 1.82) is 0 Å². The van der Waals surface area contributed by atoms with Gasteiger partial charge in [0.05, 0.1) is 36.8 Å². The Morgan fingerprint density at radius 1 is 1.18 bits per heavy atom. The molecule has 2 aromatic carbocycles. The summed E-state index contributed by atoms with van der Waals surface area (Å²) >= 11 is 0. The molecule has 0 fully saturated rings. The summed E-state index contributed by atoms with van der Waals surface area (Å²) in [6.07, 6.45) is 2.75. The van der Waals surface area contributed by atoms with E-state index in [2.05, 4.69) is 35.8 Å². The van der Waals surface area contributed by atoms with Crippen LogP contribution in [-0.4, -0.2) is 57.7 Å². The molecule has 10 nitrogen and oxygen atoms in total. The van der Waals surface area contributed by atoms with E-state index in [0.717, 1.165) is 29.5 Å². The van der Waals surface area contributed by atoms with E-state index >= 15 is 0 Å². The number of fused-ring (bicyclic) bond motifs is 5. The largest absolute Gasteiger partial charge is 0.493 e. The first-order chi connectivity index (χ1) is 21.4. The van der Waals surface area contributed by atoms with Crippen LogP contribution in [0.4, 0.5) is 4.79 Å². The molecule has 0 spiro atoms. The summed E-state index contributed by atoms with van der Waals surface area (Å²) in [4.78, 5) is 47.7. The van der Waals surface area contributed by atoms with Crippen molar-refractivity contribution in [2.45, 2.75) is 115 Å². The molecule has 1 aliphatic carbocycles. The fraction of sp³-hybridized carbons (Fsp3) is 0.543. The first-order valence-electron chi connectivity index (χ1n) is 16.2. The van der Waals surface area contributed by atoms with E-state index in [1.54, 1.807) is 43.9 Å². The minimum absolute atomic E-state index is 0.144. The Bertz CT molecular complexity index is 1550. The Morgan fingerprint density at radius 2 is 1.98 bits per heavy atom. The summed E-state index contributed by atoms with van der Waals surface area (Å²) in [5.74, 6) is 0.481. The van der Waals surface area contributed by atoms with Gasteiger partial charge < -0.3 is 19.9 Å². The molecule has 0 saturated heterocycles. The van der Waals surface area contributed by atoms with E-state index < -0.39 is 35.4 Å². The van der Waals surface area contributed by atoms with Gasteiger partial charge in [-0.15, -0.1) is 0 Å². The number of hydrogen-bond acceptors (Lipinski definition) is 7. The van der Waals surface area contributed by atoms with Crippen LogP contribution in [-0.2, 0) is 16.0 Å². The number of ether oxygens (including phenoxy) is 2. The number of aliphatic hydroxyl groups is 1. The Hall–Kier alpha value is -3.92. The minimum Gasteiger partial charge on any atom is -0.493 e. The molecule has 5 atom stereocenters. The molecule has 3 amide bonds. The second kappa shape index (κ2) is 11.8. The first-order valence-corrected chi connectivity index (χ1v) is 16.2. The molecule has 3 N–H and O–H groups in total. The number of alkyl carbamates (subject to hydrolysis) is 1. The lowest BCUT2D eigenvalue weighted by Gasteiger charge is -2.43. The van der Waals surface area contributed by atoms with E-state index in [9.17, 15) is 19.5 Å². The number of nitrogens with zero attached hydrogens (tertiary/aromatic N) is 2. The zero-order chi connectivity index (χ0) is 32.1. The number of benzene rings is 2. The van der Waals surface area contributed by atoms with Gasteiger partial charge in [0.2, 0.25) is 11.9 Å². The van der Waals surface area contributed by atoms with Gasteiger partial charge in [-0.05, 0) is 80.8 Å². The highest BCUT2D eigenvalue weighted by atomic mass is 16.6. The number of nitrogens with one attached hydrogen (secondary N) is 2. The van der Waals surface area contributed by atoms with Crippen molar-refractivity contribution in [3.63, 3.8) is 0 Å². The fourth-order valence-electron chi connectivity index (χ4n) is 7.17. The highest BCUT2D eigenvalue weighted by Crippen LogP contribution is 2.42. The topological polar surface area (TPSA) is 130 Å². The molecule has 1 unspecified atom stereocenters. The van der Waals surface area contributed by atoms with Crippen molar-refractivity contribution in [2.75, 3.05) is 6.61 Å². The van der Waals surface area contributed by atoms with Crippen molar-refractivity contribution >= 4 is 23.9 Å². The molecule has 0 aromatic heterocycles. The van der Waals surface area contributed by atoms with Gasteiger partial charge in [-0.25, -0.2) is 9.79 Å². The molecule has 4 aliphatic heterocycles. The molecule has 0 saturated carbocycles. The Labute approximate surface area is 264 Å². The van der Waals surface area contributed by atoms with E-state index in [-0.39, 0.29) is 30.1 Å². The summed E-state index contributed by atoms with van der Waals surface area (Å²) < 4.78 is 11.5. The number of guanidine groups is 1. The summed E-state index contributed by atoms with van der Waals surface area (Å²) in [7, 11) is 0. The number of aliphatic hydroxyl groups excluding tert-OH is 1. The highest BCUT2D eigenvalue weighted by Gasteiger charge is 2.44. The lowest BCUT2D eigenvalue weighted by atomic mass is 9.82. The van der Waals surface area contributed by atoms with Gasteiger partial charge in [-0.1, -0.05) is 38.5 Å². The first kappa shape index (κ1) is 31.1. The quantitative estimate of drug-likeness (QED) is 0.391. The number of rotatable bonds is 1. The van der Waals surface area contributed by atoms with Crippen molar-refractivity contribution < 1.29 is 29.0 Å². The van der Waals surface area contributed by atoms with Crippen LogP contribution in [0.25, 0.3) is 0 Å². The number of carbonyl (C=O) groups excluding carboxylic acids is 3. The van der Waals surface area contributed by atoms with Crippen LogP contribution in [0.2, 0.25) is 0 Å². The van der Waals surface area contributed by atoms with Crippen molar-refractivity contribution in [2.24, 2.45) is 4.99 Å². The number of amides is 3. The smallest absolute Gasteiger partial charge is 0.414 e. The van der Waals surface area contributed by atoms with Crippen molar-refractivity contribution in [3.8, 4) is 5.75 Å². The number of carbonyl (C=O) groups is 3.